The Labute approximate surface area is 156 Å². The van der Waals surface area contributed by atoms with E-state index in [9.17, 15) is 9.59 Å². The average molecular weight is 368 g/mol. The summed E-state index contributed by atoms with van der Waals surface area (Å²) >= 11 is 0. The molecule has 1 fully saturated rings. The first-order valence-corrected chi connectivity index (χ1v) is 8.75. The molecule has 1 aliphatic rings. The van der Waals surface area contributed by atoms with Crippen molar-refractivity contribution in [2.45, 2.75) is 40.0 Å². The normalized spacial score (nSPS) is 17.5. The summed E-state index contributed by atoms with van der Waals surface area (Å²) < 4.78 is 5.11. The standard InChI is InChI=1S/C19H28N2O3.ClH/c1-4-24-19(23)16-6-5-10-21(13-16)11-9-18(22)20-17-12-14(2)7-8-15(17)3;/h7-8,12,16H,4-6,9-11,13H2,1-3H3,(H,20,22);1H/p-1. The van der Waals surface area contributed by atoms with E-state index in [-0.39, 0.29) is 30.2 Å². The minimum Gasteiger partial charge on any atom is -1.00 e. The van der Waals surface area contributed by atoms with Crippen LogP contribution in [0.25, 0.3) is 0 Å². The van der Waals surface area contributed by atoms with Gasteiger partial charge in [0.1, 0.15) is 0 Å². The first-order chi connectivity index (χ1) is 11.5. The van der Waals surface area contributed by atoms with Crippen LogP contribution >= 0.6 is 0 Å². The Morgan fingerprint density at radius 3 is 2.80 bits per heavy atom. The van der Waals surface area contributed by atoms with Crippen molar-refractivity contribution >= 4 is 17.6 Å². The summed E-state index contributed by atoms with van der Waals surface area (Å²) in [4.78, 5) is 26.3. The molecule has 1 N–H and O–H groups in total. The van der Waals surface area contributed by atoms with Crippen molar-refractivity contribution in [1.29, 1.82) is 0 Å². The van der Waals surface area contributed by atoms with E-state index >= 15 is 0 Å². The zero-order chi connectivity index (χ0) is 17.5. The topological polar surface area (TPSA) is 58.6 Å². The monoisotopic (exact) mass is 367 g/mol. The predicted octanol–water partition coefficient (Wildman–Crippen LogP) is -0.0889. The molecule has 1 aromatic carbocycles. The SMILES string of the molecule is CCOC(=O)C1CCCN(CCC(=O)Nc2cc(C)ccc2C)C1.[Cl-]. The fourth-order valence-corrected chi connectivity index (χ4v) is 3.05. The number of hydrogen-bond acceptors (Lipinski definition) is 4. The number of nitrogens with one attached hydrogen (secondary N) is 1. The summed E-state index contributed by atoms with van der Waals surface area (Å²) in [6, 6.07) is 6.04. The van der Waals surface area contributed by atoms with Crippen LogP contribution < -0.4 is 17.7 Å². The van der Waals surface area contributed by atoms with Crippen LogP contribution in [0, 0.1) is 19.8 Å². The number of carbonyl (C=O) groups excluding carboxylic acids is 2. The van der Waals surface area contributed by atoms with Crippen molar-refractivity contribution in [3.8, 4) is 0 Å². The van der Waals surface area contributed by atoms with Gasteiger partial charge >= 0.3 is 5.97 Å². The summed E-state index contributed by atoms with van der Waals surface area (Å²) in [6.07, 6.45) is 2.29. The third-order valence-electron chi connectivity index (χ3n) is 4.45. The molecule has 0 radical (unpaired) electrons. The Morgan fingerprint density at radius 2 is 2.08 bits per heavy atom. The Balaban J connectivity index is 0.00000312. The fraction of sp³-hybridized carbons (Fsp3) is 0.579. The Morgan fingerprint density at radius 1 is 1.32 bits per heavy atom. The highest BCUT2D eigenvalue weighted by Gasteiger charge is 2.26. The molecule has 25 heavy (non-hydrogen) atoms. The summed E-state index contributed by atoms with van der Waals surface area (Å²) in [5.74, 6) is -0.148. The van der Waals surface area contributed by atoms with Crippen LogP contribution in [0.5, 0.6) is 0 Å². The highest BCUT2D eigenvalue weighted by Crippen LogP contribution is 2.19. The summed E-state index contributed by atoms with van der Waals surface area (Å²) in [7, 11) is 0. The van der Waals surface area contributed by atoms with Gasteiger partial charge in [-0.3, -0.25) is 9.59 Å². The molecule has 140 valence electrons. The number of rotatable bonds is 6. The van der Waals surface area contributed by atoms with Crippen LogP contribution in [-0.4, -0.2) is 43.0 Å². The number of nitrogens with zero attached hydrogens (tertiary/aromatic N) is 1. The summed E-state index contributed by atoms with van der Waals surface area (Å²) in [5, 5.41) is 2.99. The van der Waals surface area contributed by atoms with Crippen molar-refractivity contribution in [1.82, 2.24) is 4.90 Å². The van der Waals surface area contributed by atoms with E-state index in [1.54, 1.807) is 0 Å². The first-order valence-electron chi connectivity index (χ1n) is 8.75. The average Bonchev–Trinajstić information content (AvgIpc) is 2.57. The Bertz CT molecular complexity index is 592. The van der Waals surface area contributed by atoms with Gasteiger partial charge in [-0.2, -0.15) is 0 Å². The molecule has 1 heterocycles. The minimum absolute atomic E-state index is 0. The van der Waals surface area contributed by atoms with E-state index < -0.39 is 0 Å². The highest BCUT2D eigenvalue weighted by atomic mass is 35.5. The van der Waals surface area contributed by atoms with Gasteiger partial charge in [-0.1, -0.05) is 12.1 Å². The molecular weight excluding hydrogens is 340 g/mol. The van der Waals surface area contributed by atoms with Crippen LogP contribution in [0.1, 0.15) is 37.3 Å². The smallest absolute Gasteiger partial charge is 0.310 e. The molecule has 0 spiro atoms. The van der Waals surface area contributed by atoms with Gasteiger partial charge in [-0.15, -0.1) is 0 Å². The third kappa shape index (κ3) is 6.67. The van der Waals surface area contributed by atoms with Crippen molar-refractivity contribution in [2.24, 2.45) is 5.92 Å². The van der Waals surface area contributed by atoms with Crippen molar-refractivity contribution < 1.29 is 26.7 Å². The minimum atomic E-state index is -0.109. The number of hydrogen-bond donors (Lipinski definition) is 1. The van der Waals surface area contributed by atoms with Gasteiger partial charge in [0.25, 0.3) is 0 Å². The van der Waals surface area contributed by atoms with E-state index in [0.29, 0.717) is 26.1 Å². The van der Waals surface area contributed by atoms with Crippen LogP contribution in [0.4, 0.5) is 5.69 Å². The van der Waals surface area contributed by atoms with Crippen LogP contribution in [-0.2, 0) is 14.3 Å². The molecule has 0 bridgehead atoms. The Hall–Kier alpha value is -1.59. The largest absolute Gasteiger partial charge is 1.00 e. The molecule has 1 aromatic rings. The van der Waals surface area contributed by atoms with Crippen molar-refractivity contribution in [3.63, 3.8) is 0 Å². The predicted molar refractivity (Wildman–Crippen MR) is 95.0 cm³/mol. The van der Waals surface area contributed by atoms with E-state index in [4.69, 9.17) is 4.74 Å². The van der Waals surface area contributed by atoms with E-state index in [1.165, 1.54) is 0 Å². The summed E-state index contributed by atoms with van der Waals surface area (Å²) in [5.41, 5.74) is 3.07. The number of ether oxygens (including phenoxy) is 1. The number of likely N-dealkylation sites (tertiary alicyclic amines) is 1. The van der Waals surface area contributed by atoms with Crippen LogP contribution in [0.2, 0.25) is 0 Å². The molecule has 1 amide bonds. The number of aryl methyl sites for hydroxylation is 2. The second-order valence-electron chi connectivity index (χ2n) is 6.51. The summed E-state index contributed by atoms with van der Waals surface area (Å²) in [6.45, 7) is 8.56. The number of carbonyl (C=O) groups is 2. The molecule has 1 atom stereocenters. The number of piperidine rings is 1. The number of anilines is 1. The second kappa shape index (κ2) is 10.4. The van der Waals surface area contributed by atoms with Gasteiger partial charge in [-0.25, -0.2) is 0 Å². The van der Waals surface area contributed by atoms with Crippen molar-refractivity contribution in [2.75, 3.05) is 31.6 Å². The van der Waals surface area contributed by atoms with Gasteiger partial charge in [0.2, 0.25) is 5.91 Å². The lowest BCUT2D eigenvalue weighted by Crippen LogP contribution is -3.00. The van der Waals surface area contributed by atoms with Gasteiger partial charge in [-0.05, 0) is 57.4 Å². The van der Waals surface area contributed by atoms with Crippen molar-refractivity contribution in [3.05, 3.63) is 29.3 Å². The molecule has 1 aliphatic heterocycles. The quantitative estimate of drug-likeness (QED) is 0.714. The zero-order valence-electron chi connectivity index (χ0n) is 15.3. The number of amides is 1. The molecule has 0 aliphatic carbocycles. The van der Waals surface area contributed by atoms with Gasteiger partial charge < -0.3 is 27.4 Å². The lowest BCUT2D eigenvalue weighted by Gasteiger charge is -2.31. The molecule has 1 saturated heterocycles. The molecule has 6 heteroatoms. The van der Waals surface area contributed by atoms with Gasteiger partial charge in [0.15, 0.2) is 0 Å². The molecular formula is C19H28ClN2O3-. The maximum Gasteiger partial charge on any atom is 0.310 e. The zero-order valence-corrected chi connectivity index (χ0v) is 16.1. The third-order valence-corrected chi connectivity index (χ3v) is 4.45. The number of halogens is 1. The highest BCUT2D eigenvalue weighted by molar-refractivity contribution is 5.91. The second-order valence-corrected chi connectivity index (χ2v) is 6.51. The molecule has 1 unspecified atom stereocenters. The maximum absolute atomic E-state index is 12.2. The number of benzene rings is 1. The first kappa shape index (κ1) is 21.5. The lowest BCUT2D eigenvalue weighted by molar-refractivity contribution is -0.149. The van der Waals surface area contributed by atoms with Crippen LogP contribution in [0.3, 0.4) is 0 Å². The van der Waals surface area contributed by atoms with Gasteiger partial charge in [0.05, 0.1) is 12.5 Å². The molecule has 2 rings (SSSR count). The lowest BCUT2D eigenvalue weighted by atomic mass is 9.98. The van der Waals surface area contributed by atoms with E-state index in [2.05, 4.69) is 10.2 Å². The van der Waals surface area contributed by atoms with Gasteiger partial charge in [0, 0.05) is 25.2 Å². The van der Waals surface area contributed by atoms with E-state index in [1.807, 2.05) is 39.0 Å². The molecule has 0 saturated carbocycles. The van der Waals surface area contributed by atoms with E-state index in [0.717, 1.165) is 36.2 Å². The maximum atomic E-state index is 12.2. The number of esters is 1. The molecule has 5 nitrogen and oxygen atoms in total. The Kier molecular flexibility index (Phi) is 8.93. The van der Waals surface area contributed by atoms with Crippen LogP contribution in [0.15, 0.2) is 18.2 Å². The molecule has 0 aromatic heterocycles. The fourth-order valence-electron chi connectivity index (χ4n) is 3.05.